The van der Waals surface area contributed by atoms with Gasteiger partial charge in [-0.3, -0.25) is 4.79 Å². The molecule has 168 valence electrons. The van der Waals surface area contributed by atoms with Gasteiger partial charge in [-0.25, -0.2) is 4.79 Å². The van der Waals surface area contributed by atoms with Crippen LogP contribution < -0.4 is 15.7 Å². The molecule has 0 spiro atoms. The highest BCUT2D eigenvalue weighted by Gasteiger charge is 2.14. The summed E-state index contributed by atoms with van der Waals surface area (Å²) in [6.07, 6.45) is 0. The van der Waals surface area contributed by atoms with Crippen molar-refractivity contribution in [3.63, 3.8) is 0 Å². The zero-order valence-corrected chi connectivity index (χ0v) is 19.4. The highest BCUT2D eigenvalue weighted by molar-refractivity contribution is 6.33. The van der Waals surface area contributed by atoms with Crippen LogP contribution in [0.2, 0.25) is 5.02 Å². The van der Waals surface area contributed by atoms with Crippen molar-refractivity contribution in [1.29, 1.82) is 0 Å². The number of benzene rings is 3. The Morgan fingerprint density at radius 1 is 0.970 bits per heavy atom. The molecular formula is C27H24ClNO4. The van der Waals surface area contributed by atoms with Crippen molar-refractivity contribution in [2.24, 2.45) is 0 Å². The van der Waals surface area contributed by atoms with Gasteiger partial charge in [0.15, 0.2) is 6.61 Å². The van der Waals surface area contributed by atoms with E-state index >= 15 is 0 Å². The fourth-order valence-corrected chi connectivity index (χ4v) is 3.74. The smallest absolute Gasteiger partial charge is 0.344 e. The highest BCUT2D eigenvalue weighted by atomic mass is 35.5. The number of carbonyl (C=O) groups is 1. The number of carbonyl (C=O) groups excluding carboxylic acids is 1. The van der Waals surface area contributed by atoms with Gasteiger partial charge < -0.3 is 14.5 Å². The van der Waals surface area contributed by atoms with E-state index in [0.717, 1.165) is 5.39 Å². The van der Waals surface area contributed by atoms with Crippen molar-refractivity contribution in [2.75, 3.05) is 11.9 Å². The minimum absolute atomic E-state index is 0.0507. The second-order valence-corrected chi connectivity index (χ2v) is 9.20. The molecule has 0 unspecified atom stereocenters. The molecule has 0 aliphatic heterocycles. The number of hydrogen-bond acceptors (Lipinski definition) is 4. The Morgan fingerprint density at radius 3 is 2.39 bits per heavy atom. The molecule has 0 bridgehead atoms. The van der Waals surface area contributed by atoms with Gasteiger partial charge >= 0.3 is 5.63 Å². The number of fused-ring (bicyclic) bond motifs is 1. The van der Waals surface area contributed by atoms with Crippen molar-refractivity contribution in [2.45, 2.75) is 26.2 Å². The van der Waals surface area contributed by atoms with Crippen LogP contribution in [-0.4, -0.2) is 12.5 Å². The predicted molar refractivity (Wildman–Crippen MR) is 132 cm³/mol. The van der Waals surface area contributed by atoms with Gasteiger partial charge in [0.1, 0.15) is 11.3 Å². The lowest BCUT2D eigenvalue weighted by Gasteiger charge is -2.19. The molecule has 1 aromatic heterocycles. The summed E-state index contributed by atoms with van der Waals surface area (Å²) >= 11 is 6.43. The van der Waals surface area contributed by atoms with Gasteiger partial charge in [-0.2, -0.15) is 0 Å². The van der Waals surface area contributed by atoms with E-state index in [1.165, 1.54) is 5.56 Å². The molecule has 1 heterocycles. The van der Waals surface area contributed by atoms with E-state index in [0.29, 0.717) is 33.2 Å². The van der Waals surface area contributed by atoms with Crippen LogP contribution in [0.3, 0.4) is 0 Å². The summed E-state index contributed by atoms with van der Waals surface area (Å²) in [5.74, 6) is 0.304. The molecule has 4 aromatic rings. The molecule has 3 aromatic carbocycles. The van der Waals surface area contributed by atoms with Crippen molar-refractivity contribution in [1.82, 2.24) is 0 Å². The van der Waals surface area contributed by atoms with E-state index in [4.69, 9.17) is 20.8 Å². The first-order chi connectivity index (χ1) is 15.7. The minimum Gasteiger partial charge on any atom is -0.484 e. The standard InChI is InChI=1S/C27H24ClNO4/c1-27(2,3)18-8-11-20(12-9-18)32-16-25(30)29-19-10-13-21(23(28)15-19)22-14-17-6-4-5-7-24(17)33-26(22)31/h4-15H,16H2,1-3H3,(H,29,30). The molecule has 5 nitrogen and oxygen atoms in total. The van der Waals surface area contributed by atoms with Crippen LogP contribution in [0, 0.1) is 0 Å². The lowest BCUT2D eigenvalue weighted by molar-refractivity contribution is -0.118. The van der Waals surface area contributed by atoms with Gasteiger partial charge in [0, 0.05) is 16.6 Å². The first-order valence-corrected chi connectivity index (χ1v) is 10.9. The third kappa shape index (κ3) is 5.26. The van der Waals surface area contributed by atoms with Gasteiger partial charge in [0.05, 0.1) is 10.6 Å². The van der Waals surface area contributed by atoms with Gasteiger partial charge in [0.25, 0.3) is 5.91 Å². The number of hydrogen-bond donors (Lipinski definition) is 1. The molecule has 0 aliphatic carbocycles. The first kappa shape index (κ1) is 22.6. The van der Waals surface area contributed by atoms with E-state index in [9.17, 15) is 9.59 Å². The topological polar surface area (TPSA) is 68.5 Å². The van der Waals surface area contributed by atoms with Gasteiger partial charge in [-0.05, 0) is 47.4 Å². The maximum absolute atomic E-state index is 12.4. The Hall–Kier alpha value is -3.57. The van der Waals surface area contributed by atoms with Gasteiger partial charge in [-0.1, -0.05) is 68.8 Å². The highest BCUT2D eigenvalue weighted by Crippen LogP contribution is 2.30. The summed E-state index contributed by atoms with van der Waals surface area (Å²) in [5.41, 5.74) is 2.68. The molecule has 6 heteroatoms. The van der Waals surface area contributed by atoms with Gasteiger partial charge in [0.2, 0.25) is 0 Å². The van der Waals surface area contributed by atoms with Crippen LogP contribution in [0.1, 0.15) is 26.3 Å². The quantitative estimate of drug-likeness (QED) is 0.348. The van der Waals surface area contributed by atoms with E-state index in [1.54, 1.807) is 36.4 Å². The zero-order chi connectivity index (χ0) is 23.6. The predicted octanol–water partition coefficient (Wildman–Crippen LogP) is 6.43. The maximum atomic E-state index is 12.4. The summed E-state index contributed by atoms with van der Waals surface area (Å²) in [4.78, 5) is 24.8. The number of anilines is 1. The molecule has 0 saturated heterocycles. The van der Waals surface area contributed by atoms with E-state index in [1.807, 2.05) is 36.4 Å². The monoisotopic (exact) mass is 461 g/mol. The van der Waals surface area contributed by atoms with E-state index in [-0.39, 0.29) is 17.9 Å². The molecule has 0 saturated carbocycles. The lowest BCUT2D eigenvalue weighted by atomic mass is 9.87. The minimum atomic E-state index is -0.474. The van der Waals surface area contributed by atoms with Crippen LogP contribution in [0.5, 0.6) is 5.75 Å². The Kier molecular flexibility index (Phi) is 6.25. The van der Waals surface area contributed by atoms with E-state index in [2.05, 4.69) is 26.1 Å². The summed E-state index contributed by atoms with van der Waals surface area (Å²) < 4.78 is 11.0. The summed E-state index contributed by atoms with van der Waals surface area (Å²) in [6.45, 7) is 6.28. The van der Waals surface area contributed by atoms with Crippen LogP contribution in [-0.2, 0) is 10.2 Å². The van der Waals surface area contributed by atoms with Crippen molar-refractivity contribution in [3.05, 3.63) is 93.8 Å². The molecule has 0 aliphatic rings. The zero-order valence-electron chi connectivity index (χ0n) is 18.6. The number of halogens is 1. The second kappa shape index (κ2) is 9.12. The summed E-state index contributed by atoms with van der Waals surface area (Å²) in [6, 6.07) is 21.7. The normalized spacial score (nSPS) is 11.4. The van der Waals surface area contributed by atoms with Crippen molar-refractivity contribution in [3.8, 4) is 16.9 Å². The van der Waals surface area contributed by atoms with Gasteiger partial charge in [-0.15, -0.1) is 0 Å². The molecule has 1 N–H and O–H groups in total. The number of rotatable bonds is 5. The van der Waals surface area contributed by atoms with Crippen molar-refractivity contribution < 1.29 is 13.9 Å². The fourth-order valence-electron chi connectivity index (χ4n) is 3.46. The summed E-state index contributed by atoms with van der Waals surface area (Å²) in [7, 11) is 0. The third-order valence-corrected chi connectivity index (χ3v) is 5.59. The van der Waals surface area contributed by atoms with Crippen molar-refractivity contribution >= 4 is 34.2 Å². The molecule has 33 heavy (non-hydrogen) atoms. The molecular weight excluding hydrogens is 438 g/mol. The largest absolute Gasteiger partial charge is 0.484 e. The van der Waals surface area contributed by atoms with E-state index < -0.39 is 5.63 Å². The van der Waals surface area contributed by atoms with Crippen LogP contribution >= 0.6 is 11.6 Å². The van der Waals surface area contributed by atoms with Crippen LogP contribution in [0.15, 0.2) is 82.0 Å². The SMILES string of the molecule is CC(C)(C)c1ccc(OCC(=O)Nc2ccc(-c3cc4ccccc4oc3=O)c(Cl)c2)cc1. The average Bonchev–Trinajstić information content (AvgIpc) is 2.77. The Morgan fingerprint density at radius 2 is 1.70 bits per heavy atom. The molecule has 0 fully saturated rings. The number of amides is 1. The third-order valence-electron chi connectivity index (χ3n) is 5.27. The lowest BCUT2D eigenvalue weighted by Crippen LogP contribution is -2.20. The first-order valence-electron chi connectivity index (χ1n) is 10.6. The maximum Gasteiger partial charge on any atom is 0.344 e. The average molecular weight is 462 g/mol. The molecule has 1 amide bonds. The molecule has 0 radical (unpaired) electrons. The summed E-state index contributed by atoms with van der Waals surface area (Å²) in [5, 5.41) is 3.89. The Balaban J connectivity index is 1.44. The molecule has 4 rings (SSSR count). The van der Waals surface area contributed by atoms with Crippen LogP contribution in [0.25, 0.3) is 22.1 Å². The number of ether oxygens (including phenoxy) is 1. The number of nitrogens with one attached hydrogen (secondary N) is 1. The second-order valence-electron chi connectivity index (χ2n) is 8.79. The Labute approximate surface area is 197 Å². The Bertz CT molecular complexity index is 1370. The molecule has 0 atom stereocenters. The fraction of sp³-hybridized carbons (Fsp3) is 0.185. The number of para-hydroxylation sites is 1. The van der Waals surface area contributed by atoms with Crippen LogP contribution in [0.4, 0.5) is 5.69 Å².